The van der Waals surface area contributed by atoms with Gasteiger partial charge >= 0.3 is 0 Å². The minimum absolute atomic E-state index is 0.826. The van der Waals surface area contributed by atoms with Crippen LogP contribution < -0.4 is 5.46 Å². The lowest BCUT2D eigenvalue weighted by Crippen LogP contribution is -2.08. The summed E-state index contributed by atoms with van der Waals surface area (Å²) < 4.78 is 2.01. The Morgan fingerprint density at radius 2 is 2.40 bits per heavy atom. The van der Waals surface area contributed by atoms with Crippen molar-refractivity contribution in [2.45, 2.75) is 18.8 Å². The molecule has 3 heteroatoms. The molecular formula is C7H11BN2. The van der Waals surface area contributed by atoms with E-state index >= 15 is 0 Å². The molecule has 0 unspecified atom stereocenters. The molecule has 1 fully saturated rings. The van der Waals surface area contributed by atoms with Gasteiger partial charge in [0.2, 0.25) is 0 Å². The molecule has 1 aromatic rings. The molecule has 0 spiro atoms. The van der Waals surface area contributed by atoms with Gasteiger partial charge in [0, 0.05) is 24.9 Å². The number of rotatable bonds is 1. The topological polar surface area (TPSA) is 17.8 Å². The predicted molar refractivity (Wildman–Crippen MR) is 43.4 cm³/mol. The van der Waals surface area contributed by atoms with Crippen molar-refractivity contribution >= 4 is 13.3 Å². The molecule has 1 heterocycles. The van der Waals surface area contributed by atoms with Crippen LogP contribution in [-0.4, -0.2) is 17.6 Å². The minimum Gasteiger partial charge on any atom is -0.273 e. The fourth-order valence-corrected chi connectivity index (χ4v) is 1.50. The minimum atomic E-state index is 0.826. The van der Waals surface area contributed by atoms with Gasteiger partial charge in [-0.15, -0.1) is 0 Å². The SMILES string of the molecule is Bc1cnn(C)c1C1CC1. The maximum absolute atomic E-state index is 4.19. The van der Waals surface area contributed by atoms with Crippen molar-refractivity contribution in [3.05, 3.63) is 11.9 Å². The quantitative estimate of drug-likeness (QED) is 0.476. The molecule has 1 aromatic heterocycles. The molecule has 0 saturated heterocycles. The third-order valence-corrected chi connectivity index (χ3v) is 2.14. The third-order valence-electron chi connectivity index (χ3n) is 2.14. The van der Waals surface area contributed by atoms with Crippen molar-refractivity contribution in [3.8, 4) is 0 Å². The highest BCUT2D eigenvalue weighted by Gasteiger charge is 2.27. The second kappa shape index (κ2) is 1.88. The van der Waals surface area contributed by atoms with E-state index in [1.54, 1.807) is 0 Å². The predicted octanol–water partition coefficient (Wildman–Crippen LogP) is -0.444. The first-order valence-electron chi connectivity index (χ1n) is 3.77. The average molecular weight is 134 g/mol. The molecule has 0 aromatic carbocycles. The molecule has 0 bridgehead atoms. The van der Waals surface area contributed by atoms with Crippen LogP contribution in [0.4, 0.5) is 0 Å². The summed E-state index contributed by atoms with van der Waals surface area (Å²) >= 11 is 0. The van der Waals surface area contributed by atoms with E-state index in [0.717, 1.165) is 5.92 Å². The van der Waals surface area contributed by atoms with Gasteiger partial charge in [-0.05, 0) is 18.3 Å². The van der Waals surface area contributed by atoms with E-state index in [-0.39, 0.29) is 0 Å². The van der Waals surface area contributed by atoms with Gasteiger partial charge in [0.1, 0.15) is 7.85 Å². The van der Waals surface area contributed by atoms with Crippen LogP contribution in [0.15, 0.2) is 6.20 Å². The van der Waals surface area contributed by atoms with Crippen molar-refractivity contribution in [1.82, 2.24) is 9.78 Å². The summed E-state index contributed by atoms with van der Waals surface area (Å²) in [5.74, 6) is 0.826. The first-order chi connectivity index (χ1) is 4.79. The van der Waals surface area contributed by atoms with E-state index < -0.39 is 0 Å². The van der Waals surface area contributed by atoms with Crippen molar-refractivity contribution in [2.24, 2.45) is 7.05 Å². The van der Waals surface area contributed by atoms with Gasteiger partial charge in [0.05, 0.1) is 0 Å². The standard InChI is InChI=1S/C7H11BN2/c1-10-7(5-2-3-5)6(8)4-9-10/h4-5H,2-3,8H2,1H3. The number of hydrogen-bond donors (Lipinski definition) is 0. The Bertz CT molecular complexity index is 231. The van der Waals surface area contributed by atoms with Crippen LogP contribution in [0.3, 0.4) is 0 Å². The molecule has 1 aliphatic rings. The lowest BCUT2D eigenvalue weighted by atomic mass is 9.95. The van der Waals surface area contributed by atoms with Crippen molar-refractivity contribution in [3.63, 3.8) is 0 Å². The monoisotopic (exact) mass is 134 g/mol. The van der Waals surface area contributed by atoms with Gasteiger partial charge in [-0.2, -0.15) is 5.10 Å². The number of aromatic nitrogens is 2. The summed E-state index contributed by atoms with van der Waals surface area (Å²) in [6.45, 7) is 0. The fourth-order valence-electron chi connectivity index (χ4n) is 1.50. The summed E-state index contributed by atoms with van der Waals surface area (Å²) in [4.78, 5) is 0. The third kappa shape index (κ3) is 0.771. The number of hydrogen-bond acceptors (Lipinski definition) is 1. The summed E-state index contributed by atoms with van der Waals surface area (Å²) in [7, 11) is 4.17. The van der Waals surface area contributed by atoms with Crippen LogP contribution in [-0.2, 0) is 7.05 Å². The average Bonchev–Trinajstić information content (AvgIpc) is 2.64. The Balaban J connectivity index is 2.44. The molecule has 0 radical (unpaired) electrons. The second-order valence-electron chi connectivity index (χ2n) is 3.11. The van der Waals surface area contributed by atoms with Crippen LogP contribution in [0.2, 0.25) is 0 Å². The van der Waals surface area contributed by atoms with Crippen molar-refractivity contribution in [2.75, 3.05) is 0 Å². The number of nitrogens with zero attached hydrogens (tertiary/aromatic N) is 2. The Kier molecular flexibility index (Phi) is 1.13. The smallest absolute Gasteiger partial charge is 0.143 e. The van der Waals surface area contributed by atoms with Gasteiger partial charge in [-0.1, -0.05) is 0 Å². The Morgan fingerprint density at radius 3 is 2.80 bits per heavy atom. The second-order valence-corrected chi connectivity index (χ2v) is 3.11. The largest absolute Gasteiger partial charge is 0.273 e. The maximum Gasteiger partial charge on any atom is 0.143 e. The zero-order chi connectivity index (χ0) is 7.14. The van der Waals surface area contributed by atoms with Gasteiger partial charge in [0.25, 0.3) is 0 Å². The summed E-state index contributed by atoms with van der Waals surface area (Å²) in [5, 5.41) is 4.19. The van der Waals surface area contributed by atoms with Gasteiger partial charge in [-0.3, -0.25) is 4.68 Å². The van der Waals surface area contributed by atoms with Crippen molar-refractivity contribution < 1.29 is 0 Å². The highest BCUT2D eigenvalue weighted by molar-refractivity contribution is 6.33. The van der Waals surface area contributed by atoms with Crippen LogP contribution in [0.5, 0.6) is 0 Å². The summed E-state index contributed by atoms with van der Waals surface area (Å²) in [5.41, 5.74) is 2.80. The van der Waals surface area contributed by atoms with Crippen LogP contribution in [0, 0.1) is 0 Å². The van der Waals surface area contributed by atoms with Crippen LogP contribution >= 0.6 is 0 Å². The fraction of sp³-hybridized carbons (Fsp3) is 0.571. The Hall–Kier alpha value is -0.725. The van der Waals surface area contributed by atoms with E-state index in [9.17, 15) is 0 Å². The molecule has 0 amide bonds. The van der Waals surface area contributed by atoms with E-state index in [0.29, 0.717) is 0 Å². The molecule has 52 valence electrons. The Morgan fingerprint density at radius 1 is 1.70 bits per heavy atom. The molecule has 2 rings (SSSR count). The van der Waals surface area contributed by atoms with Crippen molar-refractivity contribution in [1.29, 1.82) is 0 Å². The molecule has 10 heavy (non-hydrogen) atoms. The highest BCUT2D eigenvalue weighted by atomic mass is 15.3. The zero-order valence-corrected chi connectivity index (χ0v) is 6.46. The molecule has 1 aliphatic carbocycles. The van der Waals surface area contributed by atoms with Gasteiger partial charge in [-0.25, -0.2) is 0 Å². The lowest BCUT2D eigenvalue weighted by Gasteiger charge is -1.98. The number of aryl methyl sites for hydroxylation is 1. The first-order valence-corrected chi connectivity index (χ1v) is 3.77. The molecule has 0 atom stereocenters. The Labute approximate surface area is 61.6 Å². The normalized spacial score (nSPS) is 17.7. The van der Waals surface area contributed by atoms with Crippen LogP contribution in [0.1, 0.15) is 24.5 Å². The first kappa shape index (κ1) is 6.02. The van der Waals surface area contributed by atoms with E-state index in [2.05, 4.69) is 12.9 Å². The molecular weight excluding hydrogens is 123 g/mol. The maximum atomic E-state index is 4.19. The van der Waals surface area contributed by atoms with E-state index in [1.165, 1.54) is 24.0 Å². The molecule has 0 aliphatic heterocycles. The summed E-state index contributed by atoms with van der Waals surface area (Å²) in [6, 6.07) is 0. The molecule has 2 nitrogen and oxygen atoms in total. The lowest BCUT2D eigenvalue weighted by molar-refractivity contribution is 0.715. The molecule has 1 saturated carbocycles. The van der Waals surface area contributed by atoms with Crippen LogP contribution in [0.25, 0.3) is 0 Å². The zero-order valence-electron chi connectivity index (χ0n) is 6.46. The van der Waals surface area contributed by atoms with Gasteiger partial charge < -0.3 is 0 Å². The van der Waals surface area contributed by atoms with Gasteiger partial charge in [0.15, 0.2) is 0 Å². The summed E-state index contributed by atoms with van der Waals surface area (Å²) in [6.07, 6.45) is 4.68. The van der Waals surface area contributed by atoms with E-state index in [1.807, 2.05) is 17.9 Å². The molecule has 0 N–H and O–H groups in total. The van der Waals surface area contributed by atoms with E-state index in [4.69, 9.17) is 0 Å². The highest BCUT2D eigenvalue weighted by Crippen LogP contribution is 2.38.